The van der Waals surface area contributed by atoms with E-state index in [4.69, 9.17) is 4.74 Å². The molecule has 0 spiro atoms. The molecule has 1 aromatic heterocycles. The van der Waals surface area contributed by atoms with Crippen LogP contribution in [0.1, 0.15) is 33.6 Å². The fraction of sp³-hybridized carbons (Fsp3) is 0.323. The zero-order valence-electron chi connectivity index (χ0n) is 22.9. The predicted octanol–water partition coefficient (Wildman–Crippen LogP) is 4.81. The first-order valence-electron chi connectivity index (χ1n) is 13.0. The molecular weight excluding hydrogens is 532 g/mol. The number of anilines is 1. The molecule has 39 heavy (non-hydrogen) atoms. The van der Waals surface area contributed by atoms with Crippen LogP contribution in [0.25, 0.3) is 10.9 Å². The minimum atomic E-state index is -0.658. The van der Waals surface area contributed by atoms with E-state index in [1.165, 1.54) is 0 Å². The van der Waals surface area contributed by atoms with Gasteiger partial charge in [-0.25, -0.2) is 12.1 Å². The Balaban J connectivity index is 0.000000630. The van der Waals surface area contributed by atoms with Gasteiger partial charge in [0, 0.05) is 30.2 Å². The van der Waals surface area contributed by atoms with Crippen molar-refractivity contribution < 1.29 is 31.7 Å². The third kappa shape index (κ3) is 7.08. The van der Waals surface area contributed by atoms with Crippen LogP contribution in [0, 0.1) is 0 Å². The molecule has 2 aliphatic rings. The van der Waals surface area contributed by atoms with E-state index in [9.17, 15) is 9.90 Å². The van der Waals surface area contributed by atoms with Gasteiger partial charge in [0.25, 0.3) is 0 Å². The van der Waals surface area contributed by atoms with E-state index in [0.29, 0.717) is 12.1 Å². The number of carbonyl (C=O) groups is 1. The molecule has 2 aromatic carbocycles. The average Bonchev–Trinajstić information content (AvgIpc) is 3.69. The minimum Gasteiger partial charge on any atom is -0.860 e. The smallest absolute Gasteiger partial charge is 0.860 e. The van der Waals surface area contributed by atoms with Gasteiger partial charge in [-0.2, -0.15) is 18.2 Å². The first kappa shape index (κ1) is 29.9. The molecule has 7 nitrogen and oxygen atoms in total. The van der Waals surface area contributed by atoms with Gasteiger partial charge < -0.3 is 25.0 Å². The number of methoxy groups -OCH3 is 1. The number of benzene rings is 1. The summed E-state index contributed by atoms with van der Waals surface area (Å²) in [6.07, 6.45) is 10.7. The number of amides is 1. The van der Waals surface area contributed by atoms with Crippen LogP contribution in [0.5, 0.6) is 5.75 Å². The molecule has 1 amide bonds. The molecular formula is C31H36FeN4O3. The Bertz CT molecular complexity index is 1300. The summed E-state index contributed by atoms with van der Waals surface area (Å²) in [7, 11) is 1.66. The second-order valence-corrected chi connectivity index (χ2v) is 10.0. The Kier molecular flexibility index (Phi) is 10.3. The molecule has 1 saturated heterocycles. The van der Waals surface area contributed by atoms with Gasteiger partial charge in [-0.3, -0.25) is 9.78 Å². The standard InChI is InChI=1S/C26H32N4O3.C5H5.Fe/c1-18(28-22-16-21(33-4)15-20-12-7-13-27-24(20)22)9-8-14-29-23(31)17-30(26(29,2)3)25(32)19-10-5-6-11-19;1-2-4-5-3-1;/h5-7,10-13,15-16,18,28,32H,8-9,14,17H2,1-4H3;1-5H;/q;-1;+2/p-1. The Morgan fingerprint density at radius 3 is 2.56 bits per heavy atom. The van der Waals surface area contributed by atoms with Crippen molar-refractivity contribution in [3.8, 4) is 5.75 Å². The Hall–Kier alpha value is -3.61. The second-order valence-electron chi connectivity index (χ2n) is 10.0. The number of pyridine rings is 1. The molecule has 0 bridgehead atoms. The van der Waals surface area contributed by atoms with Crippen molar-refractivity contribution in [2.75, 3.05) is 25.5 Å². The largest absolute Gasteiger partial charge is 2.00 e. The summed E-state index contributed by atoms with van der Waals surface area (Å²) in [5.41, 5.74) is 1.80. The van der Waals surface area contributed by atoms with Crippen molar-refractivity contribution in [2.45, 2.75) is 45.3 Å². The summed E-state index contributed by atoms with van der Waals surface area (Å²) in [4.78, 5) is 20.8. The van der Waals surface area contributed by atoms with Crippen LogP contribution in [0.4, 0.5) is 5.69 Å². The third-order valence-electron chi connectivity index (χ3n) is 6.96. The number of ether oxygens (including phenoxy) is 1. The number of nitrogens with zero attached hydrogens (tertiary/aromatic N) is 3. The van der Waals surface area contributed by atoms with Gasteiger partial charge in [0.1, 0.15) is 11.4 Å². The molecule has 3 aromatic rings. The van der Waals surface area contributed by atoms with Gasteiger partial charge in [-0.1, -0.05) is 30.4 Å². The average molecular weight is 568 g/mol. The Morgan fingerprint density at radius 1 is 1.21 bits per heavy atom. The maximum Gasteiger partial charge on any atom is 2.00 e. The van der Waals surface area contributed by atoms with E-state index in [2.05, 4.69) is 17.2 Å². The molecule has 1 N–H and O–H groups in total. The topological polar surface area (TPSA) is 80.8 Å². The minimum absolute atomic E-state index is 0. The maximum absolute atomic E-state index is 12.9. The summed E-state index contributed by atoms with van der Waals surface area (Å²) in [5.74, 6) is 0.668. The van der Waals surface area contributed by atoms with Crippen LogP contribution in [0.15, 0.2) is 96.6 Å². The van der Waals surface area contributed by atoms with E-state index in [1.807, 2.05) is 85.5 Å². The first-order chi connectivity index (χ1) is 18.3. The van der Waals surface area contributed by atoms with Crippen LogP contribution < -0.4 is 15.2 Å². The number of fused-ring (bicyclic) bond motifs is 1. The monoisotopic (exact) mass is 568 g/mol. The van der Waals surface area contributed by atoms with Gasteiger partial charge in [-0.05, 0) is 57.2 Å². The summed E-state index contributed by atoms with van der Waals surface area (Å²) < 4.78 is 5.44. The zero-order chi connectivity index (χ0) is 27.1. The van der Waals surface area contributed by atoms with Crippen LogP contribution in [-0.4, -0.2) is 52.6 Å². The van der Waals surface area contributed by atoms with E-state index in [0.717, 1.165) is 35.2 Å². The van der Waals surface area contributed by atoms with Crippen molar-refractivity contribution in [3.63, 3.8) is 0 Å². The fourth-order valence-corrected chi connectivity index (χ4v) is 4.86. The molecule has 1 atom stereocenters. The SMILES string of the molecule is COc1cc(NC(C)CCCN2C(=O)CN(C([O-])=C3C=CC=C3)C2(C)C)c2ncccc2c1.[Fe+2].c1cc[cH-]c1. The molecule has 1 aliphatic carbocycles. The molecule has 0 saturated carbocycles. The van der Waals surface area contributed by atoms with E-state index in [1.54, 1.807) is 30.4 Å². The number of rotatable bonds is 8. The third-order valence-corrected chi connectivity index (χ3v) is 6.96. The van der Waals surface area contributed by atoms with Gasteiger partial charge in [0.15, 0.2) is 0 Å². The maximum atomic E-state index is 12.9. The molecule has 5 rings (SSSR count). The van der Waals surface area contributed by atoms with Crippen LogP contribution in [0.2, 0.25) is 0 Å². The number of carbonyl (C=O) groups excluding carboxylic acids is 1. The number of nitrogens with one attached hydrogen (secondary N) is 1. The van der Waals surface area contributed by atoms with Crippen molar-refractivity contribution in [3.05, 3.63) is 96.6 Å². The zero-order valence-corrected chi connectivity index (χ0v) is 24.0. The van der Waals surface area contributed by atoms with Gasteiger partial charge in [0.05, 0.1) is 24.9 Å². The quantitative estimate of drug-likeness (QED) is 0.239. The van der Waals surface area contributed by atoms with Gasteiger partial charge in [0.2, 0.25) is 5.91 Å². The predicted molar refractivity (Wildman–Crippen MR) is 150 cm³/mol. The van der Waals surface area contributed by atoms with Crippen molar-refractivity contribution in [2.24, 2.45) is 0 Å². The molecule has 1 aliphatic heterocycles. The van der Waals surface area contributed by atoms with Crippen molar-refractivity contribution >= 4 is 22.5 Å². The van der Waals surface area contributed by atoms with Crippen molar-refractivity contribution in [1.82, 2.24) is 14.8 Å². The number of allylic oxidation sites excluding steroid dienone is 5. The molecule has 8 heteroatoms. The van der Waals surface area contributed by atoms with E-state index >= 15 is 0 Å². The van der Waals surface area contributed by atoms with Crippen LogP contribution in [0.3, 0.4) is 0 Å². The Labute approximate surface area is 241 Å². The fourth-order valence-electron chi connectivity index (χ4n) is 4.86. The van der Waals surface area contributed by atoms with Gasteiger partial charge >= 0.3 is 17.1 Å². The van der Waals surface area contributed by atoms with Crippen molar-refractivity contribution in [1.29, 1.82) is 0 Å². The normalized spacial score (nSPS) is 16.1. The molecule has 206 valence electrons. The number of hydrogen-bond acceptors (Lipinski definition) is 6. The second kappa shape index (κ2) is 13.5. The van der Waals surface area contributed by atoms with Gasteiger partial charge in [-0.15, -0.1) is 0 Å². The molecule has 2 heterocycles. The summed E-state index contributed by atoms with van der Waals surface area (Å²) >= 11 is 0. The summed E-state index contributed by atoms with van der Waals surface area (Å²) in [6, 6.07) is 18.0. The molecule has 1 unspecified atom stereocenters. The Morgan fingerprint density at radius 2 is 1.92 bits per heavy atom. The summed E-state index contributed by atoms with van der Waals surface area (Å²) in [5, 5.41) is 17.5. The summed E-state index contributed by atoms with van der Waals surface area (Å²) in [6.45, 7) is 6.71. The number of hydrogen-bond donors (Lipinski definition) is 1. The van der Waals surface area contributed by atoms with Crippen LogP contribution >= 0.6 is 0 Å². The first-order valence-corrected chi connectivity index (χ1v) is 13.0. The van der Waals surface area contributed by atoms with E-state index < -0.39 is 5.66 Å². The van der Waals surface area contributed by atoms with E-state index in [-0.39, 0.29) is 41.4 Å². The molecule has 1 fully saturated rings. The number of aromatic nitrogens is 1. The molecule has 0 radical (unpaired) electrons. The van der Waals surface area contributed by atoms with Crippen LogP contribution in [-0.2, 0) is 21.9 Å².